The molecular weight excluding hydrogens is 196 g/mol. The van der Waals surface area contributed by atoms with E-state index in [2.05, 4.69) is 39.0 Å². The van der Waals surface area contributed by atoms with E-state index in [0.29, 0.717) is 0 Å². The fourth-order valence-electron chi connectivity index (χ4n) is 1.76. The summed E-state index contributed by atoms with van der Waals surface area (Å²) in [4.78, 5) is 0. The van der Waals surface area contributed by atoms with Crippen molar-refractivity contribution in [2.24, 2.45) is 5.41 Å². The van der Waals surface area contributed by atoms with Gasteiger partial charge in [0.15, 0.2) is 0 Å². The number of allylic oxidation sites excluding steroid dienone is 4. The van der Waals surface area contributed by atoms with Gasteiger partial charge in [-0.1, -0.05) is 43.7 Å². The van der Waals surface area contributed by atoms with Crippen LogP contribution in [0.4, 0.5) is 0 Å². The molecule has 0 aliphatic heterocycles. The van der Waals surface area contributed by atoms with Crippen molar-refractivity contribution < 1.29 is 5.11 Å². The molecule has 0 heterocycles. The molecule has 90 valence electrons. The third-order valence-electron chi connectivity index (χ3n) is 3.18. The van der Waals surface area contributed by atoms with E-state index in [4.69, 9.17) is 0 Å². The van der Waals surface area contributed by atoms with E-state index in [0.717, 1.165) is 24.8 Å². The molecule has 1 heteroatoms. The molecule has 1 rings (SSSR count). The number of hydrogen-bond donors (Lipinski definition) is 1. The van der Waals surface area contributed by atoms with E-state index < -0.39 is 6.10 Å². The Morgan fingerprint density at radius 2 is 1.94 bits per heavy atom. The quantitative estimate of drug-likeness (QED) is 0.612. The second-order valence-corrected chi connectivity index (χ2v) is 5.53. The lowest BCUT2D eigenvalue weighted by atomic mass is 9.87. The first-order valence-corrected chi connectivity index (χ1v) is 6.10. The molecule has 1 atom stereocenters. The molecule has 0 saturated heterocycles. The lowest BCUT2D eigenvalue weighted by Gasteiger charge is -2.19. The van der Waals surface area contributed by atoms with Crippen LogP contribution in [0.2, 0.25) is 0 Å². The van der Waals surface area contributed by atoms with Crippen LogP contribution >= 0.6 is 0 Å². The zero-order valence-electron chi connectivity index (χ0n) is 11.0. The summed E-state index contributed by atoms with van der Waals surface area (Å²) in [6, 6.07) is 0. The maximum Gasteiger partial charge on any atom is 0.0929 e. The standard InChI is InChI=1S/C15H24O/c1-12-6-5-7-13(2)14(16)9-11-15(3,4)10-8-12/h7-9,11,14,16H,5-6,10H2,1-4H3/b11-9-,12-8-,13-7-/t14-/m1/s1. The van der Waals surface area contributed by atoms with Crippen molar-refractivity contribution in [3.8, 4) is 0 Å². The zero-order chi connectivity index (χ0) is 12.2. The third kappa shape index (κ3) is 4.36. The normalized spacial score (nSPS) is 35.2. The maximum atomic E-state index is 9.92. The summed E-state index contributed by atoms with van der Waals surface area (Å²) >= 11 is 0. The van der Waals surface area contributed by atoms with Crippen LogP contribution in [0.5, 0.6) is 0 Å². The summed E-state index contributed by atoms with van der Waals surface area (Å²) < 4.78 is 0. The predicted molar refractivity (Wildman–Crippen MR) is 70.3 cm³/mol. The van der Waals surface area contributed by atoms with Gasteiger partial charge in [0.25, 0.3) is 0 Å². The van der Waals surface area contributed by atoms with Crippen molar-refractivity contribution in [1.29, 1.82) is 0 Å². The monoisotopic (exact) mass is 220 g/mol. The van der Waals surface area contributed by atoms with Gasteiger partial charge in [-0.3, -0.25) is 0 Å². The van der Waals surface area contributed by atoms with Gasteiger partial charge in [-0.25, -0.2) is 0 Å². The molecule has 1 aliphatic carbocycles. The van der Waals surface area contributed by atoms with Crippen LogP contribution < -0.4 is 0 Å². The SMILES string of the molecule is C/C1=C/CC(C)(C)/C=C\[C@@H](O)/C(C)=C\CC1. The molecule has 0 radical (unpaired) electrons. The molecule has 0 unspecified atom stereocenters. The van der Waals surface area contributed by atoms with E-state index in [1.165, 1.54) is 5.57 Å². The Balaban J connectivity index is 2.90. The fourth-order valence-corrected chi connectivity index (χ4v) is 1.76. The highest BCUT2D eigenvalue weighted by Gasteiger charge is 2.13. The number of aliphatic hydroxyl groups is 1. The molecule has 0 aromatic carbocycles. The van der Waals surface area contributed by atoms with Crippen molar-refractivity contribution in [3.63, 3.8) is 0 Å². The summed E-state index contributed by atoms with van der Waals surface area (Å²) in [5, 5.41) is 9.92. The highest BCUT2D eigenvalue weighted by atomic mass is 16.3. The van der Waals surface area contributed by atoms with Gasteiger partial charge in [-0.15, -0.1) is 0 Å². The van der Waals surface area contributed by atoms with Gasteiger partial charge in [0.1, 0.15) is 0 Å². The Morgan fingerprint density at radius 1 is 1.25 bits per heavy atom. The molecule has 0 aromatic heterocycles. The lowest BCUT2D eigenvalue weighted by molar-refractivity contribution is 0.256. The lowest BCUT2D eigenvalue weighted by Crippen LogP contribution is -2.09. The van der Waals surface area contributed by atoms with Gasteiger partial charge in [0, 0.05) is 0 Å². The third-order valence-corrected chi connectivity index (χ3v) is 3.18. The van der Waals surface area contributed by atoms with Gasteiger partial charge >= 0.3 is 0 Å². The number of hydrogen-bond acceptors (Lipinski definition) is 1. The van der Waals surface area contributed by atoms with Crippen LogP contribution in [0.3, 0.4) is 0 Å². The first-order chi connectivity index (χ1) is 7.41. The average Bonchev–Trinajstić information content (AvgIpc) is 2.23. The summed E-state index contributed by atoms with van der Waals surface area (Å²) in [5.74, 6) is 0. The summed E-state index contributed by atoms with van der Waals surface area (Å²) in [6.45, 7) is 8.60. The van der Waals surface area contributed by atoms with Crippen molar-refractivity contribution >= 4 is 0 Å². The minimum Gasteiger partial charge on any atom is -0.385 e. The molecule has 0 bridgehead atoms. The van der Waals surface area contributed by atoms with Crippen molar-refractivity contribution in [2.45, 2.75) is 53.1 Å². The Hall–Kier alpha value is -0.820. The summed E-state index contributed by atoms with van der Waals surface area (Å²) in [6.07, 6.45) is 11.3. The predicted octanol–water partition coefficient (Wildman–Crippen LogP) is 4.01. The molecule has 0 spiro atoms. The molecule has 1 aliphatic rings. The van der Waals surface area contributed by atoms with Crippen LogP contribution in [-0.4, -0.2) is 11.2 Å². The van der Waals surface area contributed by atoms with Crippen LogP contribution in [0.25, 0.3) is 0 Å². The zero-order valence-corrected chi connectivity index (χ0v) is 11.0. The minimum absolute atomic E-state index is 0.132. The molecular formula is C15H24O. The molecule has 0 saturated carbocycles. The first-order valence-electron chi connectivity index (χ1n) is 6.10. The fraction of sp³-hybridized carbons (Fsp3) is 0.600. The van der Waals surface area contributed by atoms with Crippen LogP contribution in [-0.2, 0) is 0 Å². The van der Waals surface area contributed by atoms with Crippen molar-refractivity contribution in [2.75, 3.05) is 0 Å². The first kappa shape index (κ1) is 13.2. The molecule has 0 amide bonds. The maximum absolute atomic E-state index is 9.92. The van der Waals surface area contributed by atoms with Crippen LogP contribution in [0.15, 0.2) is 35.5 Å². The number of rotatable bonds is 0. The van der Waals surface area contributed by atoms with Crippen LogP contribution in [0, 0.1) is 5.41 Å². The Bertz CT molecular complexity index is 318. The topological polar surface area (TPSA) is 20.2 Å². The molecule has 1 N–H and O–H groups in total. The summed E-state index contributed by atoms with van der Waals surface area (Å²) in [5.41, 5.74) is 2.64. The Kier molecular flexibility index (Phi) is 4.55. The van der Waals surface area contributed by atoms with Gasteiger partial charge in [-0.2, -0.15) is 0 Å². The Labute approximate surface area is 99.6 Å². The van der Waals surface area contributed by atoms with Crippen molar-refractivity contribution in [3.05, 3.63) is 35.5 Å². The molecule has 0 aromatic rings. The van der Waals surface area contributed by atoms with Crippen molar-refractivity contribution in [1.82, 2.24) is 0 Å². The largest absolute Gasteiger partial charge is 0.385 e. The smallest absolute Gasteiger partial charge is 0.0929 e. The van der Waals surface area contributed by atoms with E-state index in [9.17, 15) is 5.11 Å². The van der Waals surface area contributed by atoms with E-state index in [1.54, 1.807) is 0 Å². The van der Waals surface area contributed by atoms with E-state index in [-0.39, 0.29) is 5.41 Å². The summed E-state index contributed by atoms with van der Waals surface area (Å²) in [7, 11) is 0. The molecule has 1 nitrogen and oxygen atoms in total. The molecule has 16 heavy (non-hydrogen) atoms. The van der Waals surface area contributed by atoms with Gasteiger partial charge < -0.3 is 5.11 Å². The highest BCUT2D eigenvalue weighted by molar-refractivity contribution is 5.16. The van der Waals surface area contributed by atoms with Gasteiger partial charge in [-0.05, 0) is 44.1 Å². The van der Waals surface area contributed by atoms with E-state index in [1.807, 2.05) is 13.0 Å². The Morgan fingerprint density at radius 3 is 2.62 bits per heavy atom. The highest BCUT2D eigenvalue weighted by Crippen LogP contribution is 2.25. The van der Waals surface area contributed by atoms with Crippen LogP contribution in [0.1, 0.15) is 47.0 Å². The van der Waals surface area contributed by atoms with E-state index >= 15 is 0 Å². The minimum atomic E-state index is -0.419. The number of aliphatic hydroxyl groups excluding tert-OH is 1. The average molecular weight is 220 g/mol. The second kappa shape index (κ2) is 5.49. The molecule has 0 fully saturated rings. The van der Waals surface area contributed by atoms with Gasteiger partial charge in [0.2, 0.25) is 0 Å². The van der Waals surface area contributed by atoms with Gasteiger partial charge in [0.05, 0.1) is 6.10 Å². The second-order valence-electron chi connectivity index (χ2n) is 5.53.